The smallest absolute Gasteiger partial charge is 0.0564 e. The van der Waals surface area contributed by atoms with Gasteiger partial charge in [-0.25, -0.2) is 0 Å². The Morgan fingerprint density at radius 3 is 2.76 bits per heavy atom. The van der Waals surface area contributed by atoms with Crippen molar-refractivity contribution in [3.8, 4) is 0 Å². The average Bonchev–Trinajstić information content (AvgIpc) is 2.98. The summed E-state index contributed by atoms with van der Waals surface area (Å²) in [6, 6.07) is 5.06. The Morgan fingerprint density at radius 1 is 1.33 bits per heavy atom. The summed E-state index contributed by atoms with van der Waals surface area (Å²) >= 11 is 0. The molecular weight excluding hydrogens is 258 g/mol. The number of nitrogens with one attached hydrogen (secondary N) is 1. The van der Waals surface area contributed by atoms with Crippen LogP contribution in [-0.4, -0.2) is 29.0 Å². The first-order chi connectivity index (χ1) is 10.2. The Bertz CT molecular complexity index is 411. The molecule has 1 aromatic rings. The van der Waals surface area contributed by atoms with Gasteiger partial charge in [-0.1, -0.05) is 33.6 Å². The van der Waals surface area contributed by atoms with Crippen molar-refractivity contribution < 1.29 is 0 Å². The fourth-order valence-corrected chi connectivity index (χ4v) is 3.23. The van der Waals surface area contributed by atoms with Gasteiger partial charge in [0.1, 0.15) is 0 Å². The third kappa shape index (κ3) is 5.31. The zero-order chi connectivity index (χ0) is 15.1. The summed E-state index contributed by atoms with van der Waals surface area (Å²) in [7, 11) is 0. The van der Waals surface area contributed by atoms with Crippen molar-refractivity contribution in [2.45, 2.75) is 65.5 Å². The fourth-order valence-electron chi connectivity index (χ4n) is 3.23. The van der Waals surface area contributed by atoms with Crippen LogP contribution in [0.4, 0.5) is 5.69 Å². The predicted molar refractivity (Wildman–Crippen MR) is 90.5 cm³/mol. The van der Waals surface area contributed by atoms with Crippen molar-refractivity contribution in [2.24, 2.45) is 5.92 Å². The Balaban J connectivity index is 2.01. The molecule has 1 aromatic heterocycles. The summed E-state index contributed by atoms with van der Waals surface area (Å²) in [4.78, 5) is 7.24. The van der Waals surface area contributed by atoms with Crippen LogP contribution in [0.15, 0.2) is 18.3 Å². The lowest BCUT2D eigenvalue weighted by Crippen LogP contribution is -2.35. The van der Waals surface area contributed by atoms with E-state index < -0.39 is 0 Å². The van der Waals surface area contributed by atoms with Gasteiger partial charge in [0, 0.05) is 37.6 Å². The second-order valence-corrected chi connectivity index (χ2v) is 6.72. The van der Waals surface area contributed by atoms with Gasteiger partial charge in [-0.05, 0) is 37.3 Å². The highest BCUT2D eigenvalue weighted by molar-refractivity contribution is 5.43. The monoisotopic (exact) mass is 289 g/mol. The van der Waals surface area contributed by atoms with Gasteiger partial charge < -0.3 is 5.32 Å². The lowest BCUT2D eigenvalue weighted by Gasteiger charge is -2.30. The summed E-state index contributed by atoms with van der Waals surface area (Å²) in [6.07, 6.45) is 8.60. The minimum atomic E-state index is 0.715. The molecule has 0 aliphatic heterocycles. The van der Waals surface area contributed by atoms with Crippen LogP contribution in [0, 0.1) is 5.92 Å². The number of nitrogens with zero attached hydrogens (tertiary/aromatic N) is 2. The van der Waals surface area contributed by atoms with Gasteiger partial charge in [0.25, 0.3) is 0 Å². The zero-order valence-electron chi connectivity index (χ0n) is 13.9. The molecule has 1 saturated carbocycles. The van der Waals surface area contributed by atoms with E-state index in [0.717, 1.165) is 25.6 Å². The summed E-state index contributed by atoms with van der Waals surface area (Å²) in [5.41, 5.74) is 2.40. The molecule has 21 heavy (non-hydrogen) atoms. The standard InChI is InChI=1S/C18H31N3/c1-4-10-19-16-9-11-20-17(12-16)14-21(13-15(2)3)18-7-5-6-8-18/h9,11-12,15,18H,4-8,10,13-14H2,1-3H3,(H,19,20). The number of rotatable bonds is 8. The van der Waals surface area contributed by atoms with E-state index in [0.29, 0.717) is 5.92 Å². The van der Waals surface area contributed by atoms with Gasteiger partial charge in [-0.3, -0.25) is 9.88 Å². The van der Waals surface area contributed by atoms with Gasteiger partial charge in [-0.15, -0.1) is 0 Å². The largest absolute Gasteiger partial charge is 0.385 e. The van der Waals surface area contributed by atoms with Gasteiger partial charge in [0.05, 0.1) is 5.69 Å². The second-order valence-electron chi connectivity index (χ2n) is 6.72. The quantitative estimate of drug-likeness (QED) is 0.773. The lowest BCUT2D eigenvalue weighted by atomic mass is 10.1. The first-order valence-corrected chi connectivity index (χ1v) is 8.62. The molecule has 0 amide bonds. The van der Waals surface area contributed by atoms with Crippen molar-refractivity contribution in [2.75, 3.05) is 18.4 Å². The lowest BCUT2D eigenvalue weighted by molar-refractivity contribution is 0.166. The van der Waals surface area contributed by atoms with E-state index in [9.17, 15) is 0 Å². The van der Waals surface area contributed by atoms with Crippen molar-refractivity contribution in [3.05, 3.63) is 24.0 Å². The summed E-state index contributed by atoms with van der Waals surface area (Å²) < 4.78 is 0. The molecule has 1 aliphatic carbocycles. The molecule has 0 unspecified atom stereocenters. The molecule has 1 heterocycles. The first kappa shape index (κ1) is 16.3. The van der Waals surface area contributed by atoms with Crippen molar-refractivity contribution >= 4 is 5.69 Å². The maximum atomic E-state index is 4.58. The second kappa shape index (κ2) is 8.38. The van der Waals surface area contributed by atoms with E-state index >= 15 is 0 Å². The summed E-state index contributed by atoms with van der Waals surface area (Å²) in [6.45, 7) is 10.0. The number of aromatic nitrogens is 1. The SMILES string of the molecule is CCCNc1ccnc(CN(CC(C)C)C2CCCC2)c1. The van der Waals surface area contributed by atoms with Crippen LogP contribution in [-0.2, 0) is 6.54 Å². The highest BCUT2D eigenvalue weighted by atomic mass is 15.2. The Labute approximate surface area is 130 Å². The number of anilines is 1. The van der Waals surface area contributed by atoms with Crippen molar-refractivity contribution in [3.63, 3.8) is 0 Å². The Morgan fingerprint density at radius 2 is 2.10 bits per heavy atom. The van der Waals surface area contributed by atoms with Crippen LogP contribution in [0.3, 0.4) is 0 Å². The Kier molecular flexibility index (Phi) is 6.50. The summed E-state index contributed by atoms with van der Waals surface area (Å²) in [5, 5.41) is 3.46. The van der Waals surface area contributed by atoms with E-state index in [2.05, 4.69) is 48.1 Å². The van der Waals surface area contributed by atoms with Crippen LogP contribution in [0.1, 0.15) is 58.6 Å². The molecule has 0 spiro atoms. The highest BCUT2D eigenvalue weighted by Crippen LogP contribution is 2.25. The zero-order valence-corrected chi connectivity index (χ0v) is 13.9. The van der Waals surface area contributed by atoms with Gasteiger partial charge in [0.15, 0.2) is 0 Å². The van der Waals surface area contributed by atoms with Crippen LogP contribution in [0.2, 0.25) is 0 Å². The predicted octanol–water partition coefficient (Wildman–Crippen LogP) is 4.30. The van der Waals surface area contributed by atoms with E-state index in [1.807, 2.05) is 6.20 Å². The molecule has 0 aromatic carbocycles. The maximum Gasteiger partial charge on any atom is 0.0564 e. The van der Waals surface area contributed by atoms with E-state index in [-0.39, 0.29) is 0 Å². The third-order valence-corrected chi connectivity index (χ3v) is 4.20. The van der Waals surface area contributed by atoms with E-state index in [1.165, 1.54) is 43.6 Å². The number of hydrogen-bond donors (Lipinski definition) is 1. The highest BCUT2D eigenvalue weighted by Gasteiger charge is 2.23. The maximum absolute atomic E-state index is 4.58. The van der Waals surface area contributed by atoms with Crippen LogP contribution in [0.5, 0.6) is 0 Å². The molecule has 1 aliphatic rings. The van der Waals surface area contributed by atoms with Crippen molar-refractivity contribution in [1.82, 2.24) is 9.88 Å². The summed E-state index contributed by atoms with van der Waals surface area (Å²) in [5.74, 6) is 0.715. The molecule has 0 saturated heterocycles. The molecular formula is C18H31N3. The molecule has 0 bridgehead atoms. The van der Waals surface area contributed by atoms with Crippen LogP contribution >= 0.6 is 0 Å². The van der Waals surface area contributed by atoms with Gasteiger partial charge in [-0.2, -0.15) is 0 Å². The van der Waals surface area contributed by atoms with E-state index in [1.54, 1.807) is 0 Å². The molecule has 1 fully saturated rings. The molecule has 118 valence electrons. The molecule has 3 heteroatoms. The number of pyridine rings is 1. The first-order valence-electron chi connectivity index (χ1n) is 8.62. The van der Waals surface area contributed by atoms with E-state index in [4.69, 9.17) is 0 Å². The molecule has 2 rings (SSSR count). The minimum Gasteiger partial charge on any atom is -0.385 e. The normalized spacial score (nSPS) is 16.0. The molecule has 3 nitrogen and oxygen atoms in total. The number of hydrogen-bond acceptors (Lipinski definition) is 3. The van der Waals surface area contributed by atoms with Gasteiger partial charge in [0.2, 0.25) is 0 Å². The topological polar surface area (TPSA) is 28.2 Å². The third-order valence-electron chi connectivity index (χ3n) is 4.20. The minimum absolute atomic E-state index is 0.715. The van der Waals surface area contributed by atoms with Gasteiger partial charge >= 0.3 is 0 Å². The van der Waals surface area contributed by atoms with Crippen LogP contribution < -0.4 is 5.32 Å². The molecule has 1 N–H and O–H groups in total. The van der Waals surface area contributed by atoms with Crippen molar-refractivity contribution in [1.29, 1.82) is 0 Å². The molecule has 0 radical (unpaired) electrons. The fraction of sp³-hybridized carbons (Fsp3) is 0.722. The molecule has 0 atom stereocenters. The average molecular weight is 289 g/mol. The van der Waals surface area contributed by atoms with Crippen LogP contribution in [0.25, 0.3) is 0 Å². The Hall–Kier alpha value is -1.09.